The summed E-state index contributed by atoms with van der Waals surface area (Å²) in [5.41, 5.74) is 4.61. The number of rotatable bonds is 8. The van der Waals surface area contributed by atoms with Gasteiger partial charge in [-0.3, -0.25) is 14.5 Å². The summed E-state index contributed by atoms with van der Waals surface area (Å²) < 4.78 is 10.4. The van der Waals surface area contributed by atoms with Crippen molar-refractivity contribution in [2.45, 2.75) is 20.8 Å². The van der Waals surface area contributed by atoms with Gasteiger partial charge in [0.25, 0.3) is 0 Å². The second-order valence-corrected chi connectivity index (χ2v) is 7.11. The molecule has 0 saturated carbocycles. The lowest BCUT2D eigenvalue weighted by Gasteiger charge is -2.18. The van der Waals surface area contributed by atoms with Gasteiger partial charge in [-0.05, 0) is 51.1 Å². The zero-order valence-electron chi connectivity index (χ0n) is 17.9. The normalized spacial score (nSPS) is 10.6. The van der Waals surface area contributed by atoms with Crippen molar-refractivity contribution >= 4 is 23.2 Å². The Labute approximate surface area is 172 Å². The largest absolute Gasteiger partial charge is 0.493 e. The van der Waals surface area contributed by atoms with Crippen molar-refractivity contribution in [3.63, 3.8) is 0 Å². The molecule has 0 spiro atoms. The molecule has 0 fully saturated rings. The van der Waals surface area contributed by atoms with Crippen molar-refractivity contribution in [3.8, 4) is 11.5 Å². The third-order valence-corrected chi connectivity index (χ3v) is 4.44. The molecule has 2 amide bonds. The Kier molecular flexibility index (Phi) is 7.61. The van der Waals surface area contributed by atoms with Gasteiger partial charge in [-0.25, -0.2) is 0 Å². The number of carbonyl (C=O) groups is 2. The lowest BCUT2D eigenvalue weighted by atomic mass is 10.1. The van der Waals surface area contributed by atoms with Crippen LogP contribution in [-0.4, -0.2) is 51.1 Å². The van der Waals surface area contributed by atoms with Gasteiger partial charge >= 0.3 is 0 Å². The quantitative estimate of drug-likeness (QED) is 0.713. The van der Waals surface area contributed by atoms with Gasteiger partial charge in [0.1, 0.15) is 0 Å². The monoisotopic (exact) mass is 399 g/mol. The van der Waals surface area contributed by atoms with Crippen LogP contribution in [0.5, 0.6) is 11.5 Å². The summed E-state index contributed by atoms with van der Waals surface area (Å²) >= 11 is 0. The van der Waals surface area contributed by atoms with Gasteiger partial charge in [0.15, 0.2) is 11.5 Å². The molecule has 2 rings (SSSR count). The Bertz CT molecular complexity index is 873. The molecule has 0 aliphatic heterocycles. The van der Waals surface area contributed by atoms with E-state index in [0.717, 1.165) is 22.4 Å². The highest BCUT2D eigenvalue weighted by molar-refractivity contribution is 5.95. The Hall–Kier alpha value is -3.06. The molecule has 0 unspecified atom stereocenters. The molecule has 2 aromatic rings. The molecule has 0 aliphatic carbocycles. The number of carbonyl (C=O) groups excluding carboxylic acids is 2. The van der Waals surface area contributed by atoms with E-state index in [4.69, 9.17) is 9.47 Å². The third kappa shape index (κ3) is 6.22. The van der Waals surface area contributed by atoms with E-state index in [2.05, 4.69) is 10.6 Å². The predicted octanol–water partition coefficient (Wildman–Crippen LogP) is 3.14. The molecule has 2 aromatic carbocycles. The Morgan fingerprint density at radius 2 is 1.41 bits per heavy atom. The van der Waals surface area contributed by atoms with Crippen LogP contribution in [0.4, 0.5) is 11.4 Å². The zero-order chi connectivity index (χ0) is 21.6. The average molecular weight is 399 g/mol. The lowest BCUT2D eigenvalue weighted by Crippen LogP contribution is -2.36. The SMILES string of the molecule is COc1ccc(NC(=O)CN(C)CC(=O)Nc2c(C)cc(C)cc2C)cc1OC. The summed E-state index contributed by atoms with van der Waals surface area (Å²) in [4.78, 5) is 26.4. The van der Waals surface area contributed by atoms with Crippen LogP contribution >= 0.6 is 0 Å². The fourth-order valence-electron chi connectivity index (χ4n) is 3.22. The van der Waals surface area contributed by atoms with Crippen LogP contribution in [0.25, 0.3) is 0 Å². The highest BCUT2D eigenvalue weighted by Crippen LogP contribution is 2.29. The molecule has 0 heterocycles. The number of likely N-dealkylation sites (N-methyl/N-ethyl adjacent to an activating group) is 1. The van der Waals surface area contributed by atoms with Crippen molar-refractivity contribution in [2.75, 3.05) is 45.0 Å². The molecule has 7 heteroatoms. The lowest BCUT2D eigenvalue weighted by molar-refractivity contribution is -0.119. The highest BCUT2D eigenvalue weighted by atomic mass is 16.5. The summed E-state index contributed by atoms with van der Waals surface area (Å²) in [5, 5.41) is 5.74. The van der Waals surface area contributed by atoms with E-state index in [1.54, 1.807) is 37.3 Å². The summed E-state index contributed by atoms with van der Waals surface area (Å²) in [6.45, 7) is 6.14. The van der Waals surface area contributed by atoms with E-state index in [9.17, 15) is 9.59 Å². The van der Waals surface area contributed by atoms with Gasteiger partial charge in [0.05, 0.1) is 27.3 Å². The van der Waals surface area contributed by atoms with Gasteiger partial charge in [-0.1, -0.05) is 17.7 Å². The highest BCUT2D eigenvalue weighted by Gasteiger charge is 2.14. The molecule has 0 saturated heterocycles. The van der Waals surface area contributed by atoms with Gasteiger partial charge in [0.2, 0.25) is 11.8 Å². The third-order valence-electron chi connectivity index (χ3n) is 4.44. The number of hydrogen-bond donors (Lipinski definition) is 2. The summed E-state index contributed by atoms with van der Waals surface area (Å²) in [6, 6.07) is 9.20. The number of benzene rings is 2. The maximum Gasteiger partial charge on any atom is 0.238 e. The van der Waals surface area contributed by atoms with E-state index in [0.29, 0.717) is 17.2 Å². The molecule has 0 aliphatic rings. The minimum absolute atomic E-state index is 0.0770. The summed E-state index contributed by atoms with van der Waals surface area (Å²) in [7, 11) is 4.81. The van der Waals surface area contributed by atoms with Crippen LogP contribution in [0, 0.1) is 20.8 Å². The molecule has 0 radical (unpaired) electrons. The number of aryl methyl sites for hydroxylation is 3. The first-order valence-corrected chi connectivity index (χ1v) is 9.31. The van der Waals surface area contributed by atoms with E-state index in [1.807, 2.05) is 32.9 Å². The predicted molar refractivity (Wildman–Crippen MR) is 115 cm³/mol. The summed E-state index contributed by atoms with van der Waals surface area (Å²) in [5.74, 6) is 0.722. The fourth-order valence-corrected chi connectivity index (χ4v) is 3.22. The number of nitrogens with one attached hydrogen (secondary N) is 2. The van der Waals surface area contributed by atoms with Crippen molar-refractivity contribution in [1.82, 2.24) is 4.90 Å². The van der Waals surface area contributed by atoms with Gasteiger partial charge < -0.3 is 20.1 Å². The van der Waals surface area contributed by atoms with Gasteiger partial charge in [-0.15, -0.1) is 0 Å². The molecule has 156 valence electrons. The minimum Gasteiger partial charge on any atom is -0.493 e. The van der Waals surface area contributed by atoms with Crippen LogP contribution in [0.2, 0.25) is 0 Å². The van der Waals surface area contributed by atoms with Gasteiger partial charge in [-0.2, -0.15) is 0 Å². The topological polar surface area (TPSA) is 79.9 Å². The van der Waals surface area contributed by atoms with Crippen molar-refractivity contribution in [2.24, 2.45) is 0 Å². The first kappa shape index (κ1) is 22.2. The van der Waals surface area contributed by atoms with Crippen LogP contribution in [0.15, 0.2) is 30.3 Å². The van der Waals surface area contributed by atoms with E-state index in [-0.39, 0.29) is 24.9 Å². The Morgan fingerprint density at radius 1 is 0.862 bits per heavy atom. The Balaban J connectivity index is 1.91. The van der Waals surface area contributed by atoms with Crippen LogP contribution in [-0.2, 0) is 9.59 Å². The molecule has 0 atom stereocenters. The van der Waals surface area contributed by atoms with Crippen LogP contribution < -0.4 is 20.1 Å². The zero-order valence-corrected chi connectivity index (χ0v) is 17.9. The average Bonchev–Trinajstić information content (AvgIpc) is 2.64. The first-order chi connectivity index (χ1) is 13.7. The second kappa shape index (κ2) is 9.93. The van der Waals surface area contributed by atoms with Crippen molar-refractivity contribution in [1.29, 1.82) is 0 Å². The van der Waals surface area contributed by atoms with Crippen molar-refractivity contribution < 1.29 is 19.1 Å². The number of anilines is 2. The van der Waals surface area contributed by atoms with Crippen LogP contribution in [0.1, 0.15) is 16.7 Å². The second-order valence-electron chi connectivity index (χ2n) is 7.11. The number of methoxy groups -OCH3 is 2. The summed E-state index contributed by atoms with van der Waals surface area (Å²) in [6.07, 6.45) is 0. The first-order valence-electron chi connectivity index (χ1n) is 9.31. The molecular weight excluding hydrogens is 370 g/mol. The van der Waals surface area contributed by atoms with E-state index < -0.39 is 0 Å². The minimum atomic E-state index is -0.227. The maximum atomic E-state index is 12.4. The number of amides is 2. The fraction of sp³-hybridized carbons (Fsp3) is 0.364. The molecule has 0 bridgehead atoms. The number of hydrogen-bond acceptors (Lipinski definition) is 5. The van der Waals surface area contributed by atoms with E-state index >= 15 is 0 Å². The number of ether oxygens (including phenoxy) is 2. The van der Waals surface area contributed by atoms with E-state index in [1.165, 1.54) is 7.11 Å². The molecular formula is C22H29N3O4. The molecule has 2 N–H and O–H groups in total. The molecule has 0 aromatic heterocycles. The molecule has 7 nitrogen and oxygen atoms in total. The number of nitrogens with zero attached hydrogens (tertiary/aromatic N) is 1. The molecule has 29 heavy (non-hydrogen) atoms. The van der Waals surface area contributed by atoms with Crippen molar-refractivity contribution in [3.05, 3.63) is 47.0 Å². The van der Waals surface area contributed by atoms with Crippen LogP contribution in [0.3, 0.4) is 0 Å². The Morgan fingerprint density at radius 3 is 1.97 bits per heavy atom. The smallest absolute Gasteiger partial charge is 0.238 e. The maximum absolute atomic E-state index is 12.4. The van der Waals surface area contributed by atoms with Gasteiger partial charge in [0, 0.05) is 17.4 Å². The standard InChI is InChI=1S/C22H29N3O4/c1-14-9-15(2)22(16(3)10-14)24-21(27)13-25(4)12-20(26)23-17-7-8-18(28-5)19(11-17)29-6/h7-11H,12-13H2,1-6H3,(H,23,26)(H,24,27).